The van der Waals surface area contributed by atoms with Crippen molar-refractivity contribution in [2.75, 3.05) is 6.61 Å². The monoisotopic (exact) mass is 319 g/mol. The summed E-state index contributed by atoms with van der Waals surface area (Å²) in [4.78, 5) is 11.5. The molecular formula is C11H14INO2. The lowest BCUT2D eigenvalue weighted by Crippen LogP contribution is -2.34. The predicted octanol–water partition coefficient (Wildman–Crippen LogP) is 2.10. The molecule has 0 aromatic heterocycles. The van der Waals surface area contributed by atoms with E-state index >= 15 is 0 Å². The molecule has 0 radical (unpaired) electrons. The summed E-state index contributed by atoms with van der Waals surface area (Å²) in [6.45, 7) is 2.23. The zero-order valence-corrected chi connectivity index (χ0v) is 10.7. The second-order valence-electron chi connectivity index (χ2n) is 3.10. The molecule has 1 aromatic rings. The number of hydrogen-bond acceptors (Lipinski definition) is 3. The molecule has 0 saturated carbocycles. The van der Waals surface area contributed by atoms with Crippen LogP contribution in [0.5, 0.6) is 0 Å². The zero-order valence-electron chi connectivity index (χ0n) is 8.57. The van der Waals surface area contributed by atoms with Crippen LogP contribution in [0.25, 0.3) is 0 Å². The number of nitrogens with one attached hydrogen (secondary N) is 1. The molecule has 1 atom stereocenters. The first-order valence-electron chi connectivity index (χ1n) is 4.84. The molecule has 1 rings (SSSR count). The van der Waals surface area contributed by atoms with Crippen LogP contribution < -0.4 is 3.53 Å². The summed E-state index contributed by atoms with van der Waals surface area (Å²) in [5.41, 5.74) is 1.12. The van der Waals surface area contributed by atoms with Crippen LogP contribution in [0.2, 0.25) is 0 Å². The Morgan fingerprint density at radius 3 is 2.67 bits per heavy atom. The third-order valence-corrected chi connectivity index (χ3v) is 2.74. The van der Waals surface area contributed by atoms with Gasteiger partial charge in [-0.15, -0.1) is 0 Å². The average molecular weight is 319 g/mol. The molecular weight excluding hydrogens is 305 g/mol. The van der Waals surface area contributed by atoms with Gasteiger partial charge >= 0.3 is 5.97 Å². The van der Waals surface area contributed by atoms with E-state index < -0.39 is 0 Å². The van der Waals surface area contributed by atoms with Gasteiger partial charge in [-0.3, -0.25) is 4.79 Å². The normalized spacial score (nSPS) is 12.1. The molecule has 0 spiro atoms. The third kappa shape index (κ3) is 4.17. The zero-order chi connectivity index (χ0) is 11.1. The molecule has 0 fully saturated rings. The van der Waals surface area contributed by atoms with Gasteiger partial charge in [0.15, 0.2) is 0 Å². The van der Waals surface area contributed by atoms with E-state index in [1.54, 1.807) is 0 Å². The maximum Gasteiger partial charge on any atom is 0.324 e. The van der Waals surface area contributed by atoms with Crippen LogP contribution in [0.15, 0.2) is 30.3 Å². The van der Waals surface area contributed by atoms with Gasteiger partial charge in [0, 0.05) is 22.9 Å². The maximum atomic E-state index is 11.5. The van der Waals surface area contributed by atoms with Gasteiger partial charge in [-0.25, -0.2) is 3.53 Å². The van der Waals surface area contributed by atoms with Crippen LogP contribution >= 0.6 is 22.9 Å². The van der Waals surface area contributed by atoms with E-state index in [1.165, 1.54) is 0 Å². The molecule has 15 heavy (non-hydrogen) atoms. The van der Waals surface area contributed by atoms with E-state index in [1.807, 2.05) is 60.1 Å². The van der Waals surface area contributed by atoms with Crippen molar-refractivity contribution in [1.29, 1.82) is 0 Å². The van der Waals surface area contributed by atoms with Crippen LogP contribution in [0.1, 0.15) is 12.5 Å². The first kappa shape index (κ1) is 12.4. The highest BCUT2D eigenvalue weighted by Gasteiger charge is 2.18. The number of rotatable bonds is 5. The summed E-state index contributed by atoms with van der Waals surface area (Å²) in [6.07, 6.45) is 0.655. The summed E-state index contributed by atoms with van der Waals surface area (Å²) in [7, 11) is 0. The van der Waals surface area contributed by atoms with Crippen molar-refractivity contribution >= 4 is 28.8 Å². The Morgan fingerprint density at radius 1 is 1.47 bits per heavy atom. The standard InChI is InChI=1S/C11H14INO2/c1-2-15-11(14)10(13-12)8-9-6-4-3-5-7-9/h3-7,10,13H,2,8H2,1H3/t10-/m0/s1. The van der Waals surface area contributed by atoms with E-state index in [0.29, 0.717) is 13.0 Å². The number of ether oxygens (including phenoxy) is 1. The molecule has 1 aromatic carbocycles. The van der Waals surface area contributed by atoms with Gasteiger partial charge in [-0.05, 0) is 18.9 Å². The van der Waals surface area contributed by atoms with E-state index in [2.05, 4.69) is 3.53 Å². The summed E-state index contributed by atoms with van der Waals surface area (Å²) >= 11 is 1.98. The summed E-state index contributed by atoms with van der Waals surface area (Å²) < 4.78 is 7.89. The summed E-state index contributed by atoms with van der Waals surface area (Å²) in [5, 5.41) is 0. The highest BCUT2D eigenvalue weighted by Crippen LogP contribution is 2.05. The van der Waals surface area contributed by atoms with Crippen molar-refractivity contribution < 1.29 is 9.53 Å². The molecule has 0 bridgehead atoms. The second kappa shape index (κ2) is 6.79. The SMILES string of the molecule is CCOC(=O)[C@H](Cc1ccccc1)NI. The Balaban J connectivity index is 2.58. The number of benzene rings is 1. The lowest BCUT2D eigenvalue weighted by molar-refractivity contribution is -0.144. The van der Waals surface area contributed by atoms with Gasteiger partial charge in [0.2, 0.25) is 0 Å². The molecule has 82 valence electrons. The molecule has 1 N–H and O–H groups in total. The highest BCUT2D eigenvalue weighted by atomic mass is 127. The molecule has 0 heterocycles. The number of carbonyl (C=O) groups excluding carboxylic acids is 1. The molecule has 0 amide bonds. The lowest BCUT2D eigenvalue weighted by atomic mass is 10.1. The van der Waals surface area contributed by atoms with E-state index in [-0.39, 0.29) is 12.0 Å². The number of esters is 1. The largest absolute Gasteiger partial charge is 0.465 e. The highest BCUT2D eigenvalue weighted by molar-refractivity contribution is 14.1. The fourth-order valence-electron chi connectivity index (χ4n) is 1.26. The first-order chi connectivity index (χ1) is 7.27. The van der Waals surface area contributed by atoms with Crippen LogP contribution in [0.4, 0.5) is 0 Å². The van der Waals surface area contributed by atoms with Crippen molar-refractivity contribution in [3.8, 4) is 0 Å². The van der Waals surface area contributed by atoms with Crippen molar-refractivity contribution in [3.63, 3.8) is 0 Å². The van der Waals surface area contributed by atoms with Gasteiger partial charge in [-0.2, -0.15) is 0 Å². The minimum absolute atomic E-state index is 0.198. The van der Waals surface area contributed by atoms with Crippen molar-refractivity contribution in [3.05, 3.63) is 35.9 Å². The van der Waals surface area contributed by atoms with Gasteiger partial charge in [0.1, 0.15) is 6.04 Å². The van der Waals surface area contributed by atoms with Gasteiger partial charge < -0.3 is 4.74 Å². The Kier molecular flexibility index (Phi) is 5.63. The smallest absolute Gasteiger partial charge is 0.324 e. The first-order valence-corrected chi connectivity index (χ1v) is 5.92. The van der Waals surface area contributed by atoms with Crippen LogP contribution in [0.3, 0.4) is 0 Å². The van der Waals surface area contributed by atoms with Crippen LogP contribution in [-0.4, -0.2) is 18.6 Å². The molecule has 3 nitrogen and oxygen atoms in total. The topological polar surface area (TPSA) is 38.3 Å². The number of carbonyl (C=O) groups is 1. The van der Waals surface area contributed by atoms with E-state index in [4.69, 9.17) is 4.74 Å². The number of hydrogen-bond donors (Lipinski definition) is 1. The van der Waals surface area contributed by atoms with E-state index in [0.717, 1.165) is 5.56 Å². The van der Waals surface area contributed by atoms with Gasteiger partial charge in [-0.1, -0.05) is 30.3 Å². The minimum atomic E-state index is -0.270. The maximum absolute atomic E-state index is 11.5. The quantitative estimate of drug-likeness (QED) is 0.513. The fraction of sp³-hybridized carbons (Fsp3) is 0.364. The van der Waals surface area contributed by atoms with Crippen molar-refractivity contribution in [2.24, 2.45) is 0 Å². The van der Waals surface area contributed by atoms with Crippen LogP contribution in [0, 0.1) is 0 Å². The third-order valence-electron chi connectivity index (χ3n) is 1.99. The Labute approximate surface area is 104 Å². The average Bonchev–Trinajstić information content (AvgIpc) is 2.27. The summed E-state index contributed by atoms with van der Waals surface area (Å²) in [6, 6.07) is 9.61. The van der Waals surface area contributed by atoms with Gasteiger partial charge in [0.25, 0.3) is 0 Å². The Morgan fingerprint density at radius 2 is 2.13 bits per heavy atom. The minimum Gasteiger partial charge on any atom is -0.465 e. The summed E-state index contributed by atoms with van der Waals surface area (Å²) in [5.74, 6) is -0.198. The fourth-order valence-corrected chi connectivity index (χ4v) is 1.73. The van der Waals surface area contributed by atoms with Crippen LogP contribution in [-0.2, 0) is 16.0 Å². The number of halogens is 1. The molecule has 4 heteroatoms. The van der Waals surface area contributed by atoms with Crippen molar-refractivity contribution in [1.82, 2.24) is 3.53 Å². The molecule has 0 aliphatic heterocycles. The van der Waals surface area contributed by atoms with E-state index in [9.17, 15) is 4.79 Å². The van der Waals surface area contributed by atoms with Crippen molar-refractivity contribution in [2.45, 2.75) is 19.4 Å². The lowest BCUT2D eigenvalue weighted by Gasteiger charge is -2.13. The molecule has 0 aliphatic carbocycles. The Bertz CT molecular complexity index is 303. The molecule has 0 unspecified atom stereocenters. The second-order valence-corrected chi connectivity index (χ2v) is 3.73. The molecule has 0 aliphatic rings. The Hall–Kier alpha value is -0.620. The molecule has 0 saturated heterocycles. The van der Waals surface area contributed by atoms with Gasteiger partial charge in [0.05, 0.1) is 6.61 Å². The predicted molar refractivity (Wildman–Crippen MR) is 67.7 cm³/mol.